The molecule has 284 valence electrons. The number of esters is 2. The second kappa shape index (κ2) is 17.8. The third-order valence-electron chi connectivity index (χ3n) is 9.01. The third kappa shape index (κ3) is 9.70. The van der Waals surface area contributed by atoms with Crippen molar-refractivity contribution in [2.75, 3.05) is 13.2 Å². The molecule has 0 aliphatic carbocycles. The van der Waals surface area contributed by atoms with Crippen LogP contribution in [0.3, 0.4) is 0 Å². The van der Waals surface area contributed by atoms with E-state index in [4.69, 9.17) is 28.4 Å². The fourth-order valence-corrected chi connectivity index (χ4v) is 5.42. The van der Waals surface area contributed by atoms with Crippen LogP contribution in [0.25, 0.3) is 0 Å². The van der Waals surface area contributed by atoms with Crippen LogP contribution >= 0.6 is 0 Å². The smallest absolute Gasteiger partial charge is 0.339 e. The number of carbonyl (C=O) groups is 2. The van der Waals surface area contributed by atoms with Crippen molar-refractivity contribution in [2.24, 2.45) is 5.92 Å². The third-order valence-corrected chi connectivity index (χ3v) is 9.01. The van der Waals surface area contributed by atoms with Crippen molar-refractivity contribution in [3.63, 3.8) is 0 Å². The van der Waals surface area contributed by atoms with Crippen molar-refractivity contribution in [2.45, 2.75) is 107 Å². The summed E-state index contributed by atoms with van der Waals surface area (Å²) in [5.74, 6) is -2.19. The van der Waals surface area contributed by atoms with Gasteiger partial charge in [0.25, 0.3) is 0 Å². The zero-order chi connectivity index (χ0) is 37.5. The Balaban J connectivity index is 1.28. The highest BCUT2D eigenvalue weighted by Crippen LogP contribution is 2.29. The van der Waals surface area contributed by atoms with Gasteiger partial charge in [0, 0.05) is 0 Å². The van der Waals surface area contributed by atoms with Crippen molar-refractivity contribution < 1.29 is 84.0 Å². The zero-order valence-corrected chi connectivity index (χ0v) is 28.0. The molecule has 9 N–H and O–H groups in total. The largest absolute Gasteiger partial charge is 0.462 e. The highest BCUT2D eigenvalue weighted by atomic mass is 16.7. The number of aliphatic hydroxyl groups is 9. The lowest BCUT2D eigenvalue weighted by atomic mass is 9.84. The Morgan fingerprint density at radius 1 is 0.686 bits per heavy atom. The maximum Gasteiger partial charge on any atom is 0.339 e. The molecule has 2 aliphatic heterocycles. The van der Waals surface area contributed by atoms with E-state index in [1.807, 2.05) is 0 Å². The van der Waals surface area contributed by atoms with Gasteiger partial charge in [0.2, 0.25) is 12.6 Å². The molecular weight excluding hydrogens is 680 g/mol. The van der Waals surface area contributed by atoms with Crippen LogP contribution in [0.1, 0.15) is 37.8 Å². The molecule has 2 saturated heterocycles. The van der Waals surface area contributed by atoms with Crippen LogP contribution in [0.2, 0.25) is 0 Å². The Hall–Kier alpha value is -3.46. The van der Waals surface area contributed by atoms with Crippen molar-refractivity contribution in [1.29, 1.82) is 0 Å². The molecule has 2 aromatic carbocycles. The summed E-state index contributed by atoms with van der Waals surface area (Å²) in [5.41, 5.74) is -1.21. The quantitative estimate of drug-likeness (QED) is 0.0898. The maximum atomic E-state index is 13.1. The van der Waals surface area contributed by atoms with E-state index in [2.05, 4.69) is 0 Å². The maximum absolute atomic E-state index is 13.1. The molecule has 0 bridgehead atoms. The molecule has 0 aromatic heterocycles. The summed E-state index contributed by atoms with van der Waals surface area (Å²) in [6.45, 7) is 1.61. The summed E-state index contributed by atoms with van der Waals surface area (Å²) >= 11 is 0. The molecule has 0 saturated carbocycles. The Bertz CT molecular complexity index is 1400. The van der Waals surface area contributed by atoms with Gasteiger partial charge < -0.3 is 74.4 Å². The van der Waals surface area contributed by atoms with E-state index in [0.29, 0.717) is 17.5 Å². The van der Waals surface area contributed by atoms with Crippen molar-refractivity contribution >= 4 is 11.9 Å². The number of ether oxygens (including phenoxy) is 6. The summed E-state index contributed by atoms with van der Waals surface area (Å²) in [7, 11) is 0. The summed E-state index contributed by atoms with van der Waals surface area (Å²) in [6, 6.07) is 12.0. The van der Waals surface area contributed by atoms with Gasteiger partial charge in [-0.2, -0.15) is 0 Å². The summed E-state index contributed by atoms with van der Waals surface area (Å²) in [5, 5.41) is 90.1. The van der Waals surface area contributed by atoms with Crippen molar-refractivity contribution in [1.82, 2.24) is 0 Å². The number of benzene rings is 2. The summed E-state index contributed by atoms with van der Waals surface area (Å²) < 4.78 is 32.4. The van der Waals surface area contributed by atoms with Gasteiger partial charge in [-0.1, -0.05) is 44.5 Å². The second-order valence-corrected chi connectivity index (χ2v) is 12.6. The van der Waals surface area contributed by atoms with Crippen LogP contribution in [-0.2, 0) is 41.8 Å². The topological polar surface area (TPSA) is 272 Å². The van der Waals surface area contributed by atoms with E-state index in [1.54, 1.807) is 26.0 Å². The number of aliphatic hydroxyl groups excluding tert-OH is 8. The standard InChI is InChI=1S/C34H46O17/c1-3-17(2)34(45,33(44)47-16-19-6-10-21(11-7-19)49-32-30(43)28(41)26(39)23(14-36)51-32)12-24(37)46-15-18-4-8-20(9-5-18)48-31-29(42)27(40)25(38)22(13-35)50-31/h4-11,17,22-23,25-32,35-36,38-43,45H,3,12-16H2,1-2H3/t17?,22-,23-,25-,26-,27-,28-,29-,30-,31-,32-,34+/m1/s1. The molecule has 12 atom stereocenters. The Kier molecular flexibility index (Phi) is 14.1. The lowest BCUT2D eigenvalue weighted by molar-refractivity contribution is -0.277. The number of rotatable bonds is 15. The Morgan fingerprint density at radius 3 is 1.49 bits per heavy atom. The average molecular weight is 727 g/mol. The van der Waals surface area contributed by atoms with Crippen LogP contribution in [0, 0.1) is 5.92 Å². The first kappa shape index (κ1) is 40.3. The molecule has 2 aliphatic rings. The first-order valence-electron chi connectivity index (χ1n) is 16.4. The first-order chi connectivity index (χ1) is 24.2. The van der Waals surface area contributed by atoms with Crippen LogP contribution < -0.4 is 9.47 Å². The average Bonchev–Trinajstić information content (AvgIpc) is 3.13. The molecule has 51 heavy (non-hydrogen) atoms. The van der Waals surface area contributed by atoms with Crippen LogP contribution in [0.15, 0.2) is 48.5 Å². The van der Waals surface area contributed by atoms with Gasteiger partial charge in [0.1, 0.15) is 73.5 Å². The monoisotopic (exact) mass is 726 g/mol. The van der Waals surface area contributed by atoms with E-state index in [-0.39, 0.29) is 24.7 Å². The lowest BCUT2D eigenvalue weighted by Gasteiger charge is -2.39. The molecule has 0 radical (unpaired) electrons. The molecule has 4 rings (SSSR count). The van der Waals surface area contributed by atoms with Crippen molar-refractivity contribution in [3.05, 3.63) is 59.7 Å². The van der Waals surface area contributed by atoms with Crippen LogP contribution in [-0.4, -0.2) is 138 Å². The molecule has 2 aromatic rings. The number of hydrogen-bond donors (Lipinski definition) is 9. The predicted molar refractivity (Wildman–Crippen MR) is 170 cm³/mol. The summed E-state index contributed by atoms with van der Waals surface area (Å²) in [4.78, 5) is 25.9. The van der Waals surface area contributed by atoms with Gasteiger partial charge in [-0.15, -0.1) is 0 Å². The number of carbonyl (C=O) groups excluding carboxylic acids is 2. The molecule has 17 nitrogen and oxygen atoms in total. The molecule has 2 heterocycles. The molecule has 0 amide bonds. The zero-order valence-electron chi connectivity index (χ0n) is 28.0. The Labute approximate surface area is 293 Å². The van der Waals surface area contributed by atoms with E-state index in [9.17, 15) is 55.5 Å². The minimum Gasteiger partial charge on any atom is -0.462 e. The van der Waals surface area contributed by atoms with Gasteiger partial charge in [-0.25, -0.2) is 4.79 Å². The van der Waals surface area contributed by atoms with Crippen molar-refractivity contribution in [3.8, 4) is 11.5 Å². The predicted octanol–water partition coefficient (Wildman–Crippen LogP) is -2.00. The lowest BCUT2D eigenvalue weighted by Crippen LogP contribution is -2.60. The van der Waals surface area contributed by atoms with Gasteiger partial charge in [0.15, 0.2) is 5.60 Å². The molecule has 1 unspecified atom stereocenters. The molecular formula is C34H46O17. The fraction of sp³-hybridized carbons (Fsp3) is 0.588. The summed E-state index contributed by atoms with van der Waals surface area (Å²) in [6.07, 6.45) is -14.9. The fourth-order valence-electron chi connectivity index (χ4n) is 5.42. The first-order valence-corrected chi connectivity index (χ1v) is 16.4. The SMILES string of the molecule is CCC(C)[C@@](O)(CC(=O)OCc1ccc(O[C@@H]2O[C@H](CO)[C@@H](O)[C@@H](O)[C@H]2O)cc1)C(=O)OCc1ccc(O[C@@H]2O[C@H](CO)[C@@H](O)[C@@H](O)[C@H]2O)cc1. The minimum atomic E-state index is -2.21. The number of hydrogen-bond acceptors (Lipinski definition) is 17. The van der Waals surface area contributed by atoms with Gasteiger partial charge in [-0.05, 0) is 41.3 Å². The molecule has 2 fully saturated rings. The van der Waals surface area contributed by atoms with Crippen LogP contribution in [0.4, 0.5) is 0 Å². The van der Waals surface area contributed by atoms with Gasteiger partial charge in [0.05, 0.1) is 19.6 Å². The highest BCUT2D eigenvalue weighted by molar-refractivity contribution is 5.86. The minimum absolute atomic E-state index is 0.198. The van der Waals surface area contributed by atoms with E-state index in [0.717, 1.165) is 0 Å². The van der Waals surface area contributed by atoms with E-state index < -0.39 is 105 Å². The normalized spacial score (nSPS) is 31.2. The second-order valence-electron chi connectivity index (χ2n) is 12.6. The van der Waals surface area contributed by atoms with Crippen LogP contribution in [0.5, 0.6) is 11.5 Å². The van der Waals surface area contributed by atoms with E-state index in [1.165, 1.54) is 36.4 Å². The Morgan fingerprint density at radius 2 is 1.10 bits per heavy atom. The van der Waals surface area contributed by atoms with Gasteiger partial charge >= 0.3 is 11.9 Å². The molecule has 17 heteroatoms. The van der Waals surface area contributed by atoms with Gasteiger partial charge in [-0.3, -0.25) is 4.79 Å². The highest BCUT2D eigenvalue weighted by Gasteiger charge is 2.47. The van der Waals surface area contributed by atoms with E-state index >= 15 is 0 Å². The molecule has 0 spiro atoms.